The molecule has 0 aliphatic carbocycles. The van der Waals surface area contributed by atoms with Crippen molar-refractivity contribution in [3.05, 3.63) is 95.1 Å². The van der Waals surface area contributed by atoms with Crippen LogP contribution in [-0.4, -0.2) is 10.4 Å². The van der Waals surface area contributed by atoms with Crippen LogP contribution in [0.15, 0.2) is 99.9 Å². The molecular formula is C37H55N5. The summed E-state index contributed by atoms with van der Waals surface area (Å²) in [5, 5.41) is 17.2. The van der Waals surface area contributed by atoms with E-state index in [0.29, 0.717) is 5.56 Å². The third-order valence-electron chi connectivity index (χ3n) is 6.29. The molecule has 0 amide bonds. The normalized spacial score (nSPS) is 11.6. The number of rotatable bonds is 8. The molecule has 0 atom stereocenters. The number of para-hydroxylation sites is 1. The van der Waals surface area contributed by atoms with Crippen molar-refractivity contribution >= 4 is 27.6 Å². The van der Waals surface area contributed by atoms with Crippen molar-refractivity contribution in [2.45, 2.75) is 95.0 Å². The van der Waals surface area contributed by atoms with Crippen molar-refractivity contribution < 1.29 is 0 Å². The van der Waals surface area contributed by atoms with E-state index in [1.807, 2.05) is 45.9 Å². The second-order valence-corrected chi connectivity index (χ2v) is 8.77. The maximum atomic E-state index is 8.00. The number of allylic oxidation sites excluding steroid dienone is 8. The lowest BCUT2D eigenvalue weighted by molar-refractivity contribution is 0.832. The zero-order valence-corrected chi connectivity index (χ0v) is 27.8. The van der Waals surface area contributed by atoms with Crippen LogP contribution in [0.2, 0.25) is 0 Å². The van der Waals surface area contributed by atoms with Gasteiger partial charge in [0.25, 0.3) is 0 Å². The molecule has 1 aromatic heterocycles. The van der Waals surface area contributed by atoms with Crippen LogP contribution in [0.3, 0.4) is 0 Å². The molecule has 0 aliphatic heterocycles. The second-order valence-electron chi connectivity index (χ2n) is 8.77. The Morgan fingerprint density at radius 2 is 1.52 bits per heavy atom. The van der Waals surface area contributed by atoms with E-state index < -0.39 is 0 Å². The number of hydrogen-bond acceptors (Lipinski definition) is 2. The highest BCUT2D eigenvalue weighted by molar-refractivity contribution is 6.11. The average molecular weight is 570 g/mol. The highest BCUT2D eigenvalue weighted by Crippen LogP contribution is 2.31. The first kappa shape index (κ1) is 40.0. The largest absolute Gasteiger partial charge is 0.336 e. The summed E-state index contributed by atoms with van der Waals surface area (Å²) in [7, 11) is 0. The lowest BCUT2D eigenvalue weighted by Crippen LogP contribution is -2.01. The number of fused-ring (bicyclic) bond motifs is 3. The Morgan fingerprint density at radius 1 is 0.905 bits per heavy atom. The van der Waals surface area contributed by atoms with Crippen molar-refractivity contribution in [1.29, 1.82) is 5.41 Å². The molecule has 2 aromatic carbocycles. The quantitative estimate of drug-likeness (QED) is 0.0406. The molecule has 0 radical (unpaired) electrons. The first-order valence-corrected chi connectivity index (χ1v) is 15.0. The molecule has 0 spiro atoms. The van der Waals surface area contributed by atoms with Gasteiger partial charge < -0.3 is 10.4 Å². The summed E-state index contributed by atoms with van der Waals surface area (Å²) in [5.74, 6) is 5.16. The smallest absolute Gasteiger partial charge is 0.176 e. The van der Waals surface area contributed by atoms with Crippen LogP contribution in [0, 0.1) is 18.3 Å². The summed E-state index contributed by atoms with van der Waals surface area (Å²) in [6, 6.07) is 14.3. The van der Waals surface area contributed by atoms with Gasteiger partial charge in [-0.1, -0.05) is 106 Å². The summed E-state index contributed by atoms with van der Waals surface area (Å²) in [6.07, 6.45) is 22.1. The van der Waals surface area contributed by atoms with Gasteiger partial charge in [0, 0.05) is 33.9 Å². The molecule has 0 unspecified atom stereocenters. The van der Waals surface area contributed by atoms with Gasteiger partial charge in [0.1, 0.15) is 0 Å². The van der Waals surface area contributed by atoms with Crippen molar-refractivity contribution in [2.75, 3.05) is 0 Å². The maximum Gasteiger partial charge on any atom is 0.176 e. The topological polar surface area (TPSA) is 79.5 Å². The fraction of sp³-hybridized carbons (Fsp3) is 0.378. The summed E-state index contributed by atoms with van der Waals surface area (Å²) < 4.78 is 2.34. The van der Waals surface area contributed by atoms with E-state index in [-0.39, 0.29) is 5.84 Å². The van der Waals surface area contributed by atoms with Crippen molar-refractivity contribution in [1.82, 2.24) is 4.57 Å². The van der Waals surface area contributed by atoms with Crippen LogP contribution < -0.4 is 5.84 Å². The molecule has 228 valence electrons. The van der Waals surface area contributed by atoms with Crippen LogP contribution in [0.1, 0.15) is 94.1 Å². The minimum Gasteiger partial charge on any atom is -0.336 e. The van der Waals surface area contributed by atoms with Gasteiger partial charge in [-0.05, 0) is 76.8 Å². The highest BCUT2D eigenvalue weighted by atomic mass is 15.3. The van der Waals surface area contributed by atoms with Crippen molar-refractivity contribution in [2.24, 2.45) is 16.2 Å². The zero-order chi connectivity index (χ0) is 32.5. The van der Waals surface area contributed by atoms with E-state index >= 15 is 0 Å². The van der Waals surface area contributed by atoms with E-state index in [4.69, 9.17) is 11.3 Å². The Morgan fingerprint density at radius 3 is 2.07 bits per heavy atom. The zero-order valence-electron chi connectivity index (χ0n) is 27.8. The molecule has 0 saturated heterocycles. The Kier molecular flexibility index (Phi) is 23.4. The monoisotopic (exact) mass is 569 g/mol. The molecule has 5 heteroatoms. The number of nitrogens with two attached hydrogens (primary N) is 1. The predicted molar refractivity (Wildman–Crippen MR) is 189 cm³/mol. The van der Waals surface area contributed by atoms with Crippen LogP contribution in [0.4, 0.5) is 0 Å². The lowest BCUT2D eigenvalue weighted by atomic mass is 10.1. The first-order chi connectivity index (χ1) is 20.4. The SMILES string of the molecule is C#C.C/C=C\C(CC)=C(\C)Cn1c2ccccc2c2cc(C(=N)N=NN)ccc21.C/C=C\C/C=C(/C)CC.CC.CC. The predicted octanol–water partition coefficient (Wildman–Crippen LogP) is 11.4. The molecule has 1 heterocycles. The summed E-state index contributed by atoms with van der Waals surface area (Å²) in [6.45, 7) is 21.7. The molecule has 3 rings (SSSR count). The molecule has 42 heavy (non-hydrogen) atoms. The van der Waals surface area contributed by atoms with Gasteiger partial charge in [0.15, 0.2) is 5.84 Å². The Bertz CT molecular complexity index is 1360. The van der Waals surface area contributed by atoms with Gasteiger partial charge in [-0.2, -0.15) is 0 Å². The molecule has 0 fully saturated rings. The van der Waals surface area contributed by atoms with E-state index in [0.717, 1.165) is 30.3 Å². The Labute approximate surface area is 256 Å². The maximum absolute atomic E-state index is 8.00. The lowest BCUT2D eigenvalue weighted by Gasteiger charge is -2.11. The number of amidine groups is 1. The molecule has 0 aliphatic rings. The van der Waals surface area contributed by atoms with Crippen molar-refractivity contribution in [3.63, 3.8) is 0 Å². The molecular weight excluding hydrogens is 514 g/mol. The highest BCUT2D eigenvalue weighted by Gasteiger charge is 2.13. The molecule has 3 N–H and O–H groups in total. The third kappa shape index (κ3) is 12.6. The Balaban J connectivity index is 0. The fourth-order valence-electron chi connectivity index (χ4n) is 4.14. The third-order valence-corrected chi connectivity index (χ3v) is 6.29. The summed E-state index contributed by atoms with van der Waals surface area (Å²) >= 11 is 0. The number of terminal acetylenes is 1. The van der Waals surface area contributed by atoms with E-state index in [9.17, 15) is 0 Å². The van der Waals surface area contributed by atoms with Crippen LogP contribution in [-0.2, 0) is 6.54 Å². The number of hydrogen-bond donors (Lipinski definition) is 2. The summed E-state index contributed by atoms with van der Waals surface area (Å²) in [4.78, 5) is 0. The van der Waals surface area contributed by atoms with Gasteiger partial charge in [0.05, 0.1) is 0 Å². The molecule has 5 nitrogen and oxygen atoms in total. The van der Waals surface area contributed by atoms with Crippen LogP contribution in [0.25, 0.3) is 21.8 Å². The Hall–Kier alpha value is -4.17. The van der Waals surface area contributed by atoms with Gasteiger partial charge in [-0.3, -0.25) is 5.41 Å². The number of nitrogens with one attached hydrogen (secondary N) is 1. The summed E-state index contributed by atoms with van der Waals surface area (Å²) in [5.41, 5.74) is 7.24. The fourth-order valence-corrected chi connectivity index (χ4v) is 4.14. The van der Waals surface area contributed by atoms with Crippen molar-refractivity contribution in [3.8, 4) is 12.8 Å². The van der Waals surface area contributed by atoms with Gasteiger partial charge in [0.2, 0.25) is 0 Å². The number of aromatic nitrogens is 1. The molecule has 3 aromatic rings. The van der Waals surface area contributed by atoms with E-state index in [1.165, 1.54) is 34.0 Å². The van der Waals surface area contributed by atoms with E-state index in [2.05, 4.69) is 124 Å². The van der Waals surface area contributed by atoms with Crippen LogP contribution >= 0.6 is 0 Å². The first-order valence-electron chi connectivity index (χ1n) is 15.0. The van der Waals surface area contributed by atoms with E-state index in [1.54, 1.807) is 0 Å². The van der Waals surface area contributed by atoms with Gasteiger partial charge in [-0.25, -0.2) is 0 Å². The number of nitrogens with zero attached hydrogens (tertiary/aromatic N) is 3. The van der Waals surface area contributed by atoms with Gasteiger partial charge in [-0.15, -0.1) is 18.0 Å². The minimum atomic E-state index is 0.0636. The van der Waals surface area contributed by atoms with Crippen LogP contribution in [0.5, 0.6) is 0 Å². The number of benzene rings is 2. The second kappa shape index (κ2) is 24.6. The molecule has 0 bridgehead atoms. The molecule has 0 saturated carbocycles. The standard InChI is InChI=1S/C22H25N5.C9H16.2C2H6.C2H2/c1-4-8-16(5-2)15(3)14-27-20-10-7-6-9-18(20)19-13-17(11-12-21(19)27)22(23)25-26-24;1-4-6-7-8-9(3)5-2;3*1-2/h4,6-13H,5,14H2,1-3H3,(H3,23,24,25);4,6,8H,5,7H2,1-3H3;2*1-2H3;1-2H/b8-4-,16-15-;6-4-,9-8-;;;. The average Bonchev–Trinajstić information content (AvgIpc) is 3.35. The van der Waals surface area contributed by atoms with Gasteiger partial charge >= 0.3 is 0 Å². The minimum absolute atomic E-state index is 0.0636.